The molecular formula is C10H21NO4. The van der Waals surface area contributed by atoms with Crippen LogP contribution in [0.25, 0.3) is 0 Å². The third-order valence-electron chi connectivity index (χ3n) is 2.05. The van der Waals surface area contributed by atoms with E-state index in [0.717, 1.165) is 6.42 Å². The zero-order valence-corrected chi connectivity index (χ0v) is 9.75. The van der Waals surface area contributed by atoms with E-state index >= 15 is 0 Å². The second kappa shape index (κ2) is 7.62. The molecule has 90 valence electrons. The lowest BCUT2D eigenvalue weighted by atomic mass is 10.0. The van der Waals surface area contributed by atoms with E-state index in [4.69, 9.17) is 15.2 Å². The van der Waals surface area contributed by atoms with E-state index in [-0.39, 0.29) is 0 Å². The molecule has 2 N–H and O–H groups in total. The summed E-state index contributed by atoms with van der Waals surface area (Å²) in [7, 11) is 2.97. The first-order valence-electron chi connectivity index (χ1n) is 4.98. The summed E-state index contributed by atoms with van der Waals surface area (Å²) in [5.41, 5.74) is 4.77. The summed E-state index contributed by atoms with van der Waals surface area (Å²) in [6, 6.07) is 0. The summed E-state index contributed by atoms with van der Waals surface area (Å²) in [5.74, 6) is -0.414. The number of methoxy groups -OCH3 is 2. The van der Waals surface area contributed by atoms with Crippen molar-refractivity contribution in [3.05, 3.63) is 0 Å². The minimum atomic E-state index is -0.962. The van der Waals surface area contributed by atoms with Gasteiger partial charge in [-0.15, -0.1) is 0 Å². The molecular weight excluding hydrogens is 198 g/mol. The van der Waals surface area contributed by atoms with Crippen molar-refractivity contribution in [1.29, 1.82) is 0 Å². The van der Waals surface area contributed by atoms with Gasteiger partial charge in [0, 0.05) is 26.9 Å². The van der Waals surface area contributed by atoms with Gasteiger partial charge in [0.15, 0.2) is 0 Å². The molecule has 0 saturated carbocycles. The fraction of sp³-hybridized carbons (Fsp3) is 0.900. The zero-order chi connectivity index (χ0) is 11.7. The van der Waals surface area contributed by atoms with E-state index in [9.17, 15) is 4.79 Å². The molecule has 5 nitrogen and oxygen atoms in total. The molecule has 0 aliphatic rings. The molecule has 15 heavy (non-hydrogen) atoms. The minimum absolute atomic E-state index is 0.414. The van der Waals surface area contributed by atoms with E-state index in [2.05, 4.69) is 4.74 Å². The standard InChI is InChI=1S/C10H21NO4/c1-10(11,9(12)14-3)5-8-15-7-4-6-13-2/h4-8,11H2,1-3H3. The van der Waals surface area contributed by atoms with Gasteiger partial charge in [-0.2, -0.15) is 0 Å². The van der Waals surface area contributed by atoms with E-state index in [0.29, 0.717) is 26.2 Å². The zero-order valence-electron chi connectivity index (χ0n) is 9.75. The van der Waals surface area contributed by atoms with Crippen LogP contribution in [0.15, 0.2) is 0 Å². The van der Waals surface area contributed by atoms with Gasteiger partial charge in [0.2, 0.25) is 0 Å². The Balaban J connectivity index is 3.53. The van der Waals surface area contributed by atoms with Crippen LogP contribution in [0.4, 0.5) is 0 Å². The van der Waals surface area contributed by atoms with Crippen LogP contribution in [0.5, 0.6) is 0 Å². The Hall–Kier alpha value is -0.650. The summed E-state index contributed by atoms with van der Waals surface area (Å²) < 4.78 is 14.7. The van der Waals surface area contributed by atoms with Crippen LogP contribution in [0.1, 0.15) is 19.8 Å². The Morgan fingerprint density at radius 2 is 1.93 bits per heavy atom. The highest BCUT2D eigenvalue weighted by atomic mass is 16.5. The normalized spacial score (nSPS) is 14.7. The topological polar surface area (TPSA) is 70.8 Å². The lowest BCUT2D eigenvalue weighted by Crippen LogP contribution is -2.46. The van der Waals surface area contributed by atoms with Crippen LogP contribution in [0.3, 0.4) is 0 Å². The van der Waals surface area contributed by atoms with Crippen LogP contribution >= 0.6 is 0 Å². The number of rotatable bonds is 8. The Bertz CT molecular complexity index is 182. The lowest BCUT2D eigenvalue weighted by Gasteiger charge is -2.20. The van der Waals surface area contributed by atoms with Crippen LogP contribution in [-0.2, 0) is 19.0 Å². The molecule has 0 spiro atoms. The summed E-state index contributed by atoms with van der Waals surface area (Å²) in [4.78, 5) is 11.2. The first-order valence-corrected chi connectivity index (χ1v) is 4.98. The van der Waals surface area contributed by atoms with Crippen molar-refractivity contribution in [2.75, 3.05) is 34.0 Å². The fourth-order valence-corrected chi connectivity index (χ4v) is 1.03. The third-order valence-corrected chi connectivity index (χ3v) is 2.05. The minimum Gasteiger partial charge on any atom is -0.468 e. The van der Waals surface area contributed by atoms with Crippen LogP contribution in [-0.4, -0.2) is 45.5 Å². The summed E-state index contributed by atoms with van der Waals surface area (Å²) in [5, 5.41) is 0. The van der Waals surface area contributed by atoms with Gasteiger partial charge in [0.1, 0.15) is 5.54 Å². The smallest absolute Gasteiger partial charge is 0.325 e. The molecule has 0 aromatic carbocycles. The van der Waals surface area contributed by atoms with E-state index < -0.39 is 11.5 Å². The quantitative estimate of drug-likeness (QED) is 0.470. The maximum Gasteiger partial charge on any atom is 0.325 e. The van der Waals surface area contributed by atoms with Gasteiger partial charge in [0.05, 0.1) is 7.11 Å². The van der Waals surface area contributed by atoms with Gasteiger partial charge in [-0.25, -0.2) is 0 Å². The molecule has 0 saturated heterocycles. The van der Waals surface area contributed by atoms with Crippen molar-refractivity contribution < 1.29 is 19.0 Å². The molecule has 0 bridgehead atoms. The van der Waals surface area contributed by atoms with E-state index in [1.807, 2.05) is 0 Å². The lowest BCUT2D eigenvalue weighted by molar-refractivity contribution is -0.147. The number of nitrogens with two attached hydrogens (primary N) is 1. The Kier molecular flexibility index (Phi) is 7.29. The number of hydrogen-bond donors (Lipinski definition) is 1. The Morgan fingerprint density at radius 3 is 2.47 bits per heavy atom. The molecule has 0 aliphatic heterocycles. The molecule has 0 aromatic heterocycles. The second-order valence-electron chi connectivity index (χ2n) is 3.62. The summed E-state index contributed by atoms with van der Waals surface area (Å²) in [6.45, 7) is 3.38. The predicted molar refractivity (Wildman–Crippen MR) is 56.5 cm³/mol. The highest BCUT2D eigenvalue weighted by Gasteiger charge is 2.28. The van der Waals surface area contributed by atoms with Crippen molar-refractivity contribution in [2.45, 2.75) is 25.3 Å². The molecule has 0 radical (unpaired) electrons. The Morgan fingerprint density at radius 1 is 1.27 bits per heavy atom. The molecule has 1 atom stereocenters. The molecule has 5 heteroatoms. The van der Waals surface area contributed by atoms with Crippen molar-refractivity contribution >= 4 is 5.97 Å². The summed E-state index contributed by atoms with van der Waals surface area (Å²) in [6.07, 6.45) is 1.29. The highest BCUT2D eigenvalue weighted by Crippen LogP contribution is 2.07. The van der Waals surface area contributed by atoms with Gasteiger partial charge >= 0.3 is 5.97 Å². The first-order chi connectivity index (χ1) is 7.04. The summed E-state index contributed by atoms with van der Waals surface area (Å²) >= 11 is 0. The number of hydrogen-bond acceptors (Lipinski definition) is 5. The maximum absolute atomic E-state index is 11.2. The van der Waals surface area contributed by atoms with Crippen molar-refractivity contribution in [2.24, 2.45) is 5.73 Å². The van der Waals surface area contributed by atoms with E-state index in [1.165, 1.54) is 7.11 Å². The second-order valence-corrected chi connectivity index (χ2v) is 3.62. The number of carbonyl (C=O) groups is 1. The maximum atomic E-state index is 11.2. The Labute approximate surface area is 90.9 Å². The molecule has 0 heterocycles. The average molecular weight is 219 g/mol. The van der Waals surface area contributed by atoms with E-state index in [1.54, 1.807) is 14.0 Å². The monoisotopic (exact) mass is 219 g/mol. The van der Waals surface area contributed by atoms with Gasteiger partial charge in [-0.1, -0.05) is 0 Å². The molecule has 0 fully saturated rings. The molecule has 0 amide bonds. The van der Waals surface area contributed by atoms with Gasteiger partial charge < -0.3 is 19.9 Å². The highest BCUT2D eigenvalue weighted by molar-refractivity contribution is 5.79. The van der Waals surface area contributed by atoms with Gasteiger partial charge in [-0.3, -0.25) is 4.79 Å². The number of ether oxygens (including phenoxy) is 3. The van der Waals surface area contributed by atoms with Crippen LogP contribution in [0.2, 0.25) is 0 Å². The van der Waals surface area contributed by atoms with Crippen LogP contribution < -0.4 is 5.73 Å². The first kappa shape index (κ1) is 14.3. The number of carbonyl (C=O) groups excluding carboxylic acids is 1. The predicted octanol–water partition coefficient (Wildman–Crippen LogP) is 0.320. The largest absolute Gasteiger partial charge is 0.468 e. The van der Waals surface area contributed by atoms with Crippen molar-refractivity contribution in [3.8, 4) is 0 Å². The third kappa shape index (κ3) is 6.43. The number of esters is 1. The molecule has 0 aromatic rings. The van der Waals surface area contributed by atoms with Crippen LogP contribution in [0, 0.1) is 0 Å². The van der Waals surface area contributed by atoms with Crippen molar-refractivity contribution in [1.82, 2.24) is 0 Å². The molecule has 1 unspecified atom stereocenters. The fourth-order valence-electron chi connectivity index (χ4n) is 1.03. The molecule has 0 aliphatic carbocycles. The SMILES string of the molecule is COCCCOCCC(C)(N)C(=O)OC. The molecule has 0 rings (SSSR count). The van der Waals surface area contributed by atoms with Gasteiger partial charge in [-0.05, 0) is 19.8 Å². The average Bonchev–Trinajstić information content (AvgIpc) is 2.22. The van der Waals surface area contributed by atoms with Crippen molar-refractivity contribution in [3.63, 3.8) is 0 Å². The van der Waals surface area contributed by atoms with Gasteiger partial charge in [0.25, 0.3) is 0 Å².